The molecule has 1 aliphatic rings. The first-order chi connectivity index (χ1) is 8.60. The number of hydrogen-bond acceptors (Lipinski definition) is 2. The van der Waals surface area contributed by atoms with E-state index in [1.807, 2.05) is 6.92 Å². The molecule has 1 heterocycles. The van der Waals surface area contributed by atoms with Gasteiger partial charge in [-0.1, -0.05) is 19.1 Å². The van der Waals surface area contributed by atoms with Crippen LogP contribution in [-0.2, 0) is 4.79 Å². The summed E-state index contributed by atoms with van der Waals surface area (Å²) in [6.45, 7) is 3.55. The van der Waals surface area contributed by atoms with Gasteiger partial charge in [-0.05, 0) is 31.5 Å². The number of carbonyl (C=O) groups is 1. The van der Waals surface area contributed by atoms with Gasteiger partial charge in [0.2, 0.25) is 5.91 Å². The SMILES string of the molecule is CCC1(C(=O)N(C)c2ccccc2F)CCNC1. The van der Waals surface area contributed by atoms with Crippen LogP contribution in [0.5, 0.6) is 0 Å². The Balaban J connectivity index is 2.26. The van der Waals surface area contributed by atoms with E-state index >= 15 is 0 Å². The van der Waals surface area contributed by atoms with Crippen molar-refractivity contribution < 1.29 is 9.18 Å². The second-order valence-electron chi connectivity index (χ2n) is 4.88. The molecule has 1 aliphatic heterocycles. The van der Waals surface area contributed by atoms with Crippen molar-refractivity contribution in [1.29, 1.82) is 0 Å². The molecule has 0 spiro atoms. The fraction of sp³-hybridized carbons (Fsp3) is 0.500. The number of nitrogens with one attached hydrogen (secondary N) is 1. The zero-order valence-electron chi connectivity index (χ0n) is 10.9. The number of hydrogen-bond donors (Lipinski definition) is 1. The molecule has 0 aliphatic carbocycles. The van der Waals surface area contributed by atoms with Crippen LogP contribution in [0.2, 0.25) is 0 Å². The summed E-state index contributed by atoms with van der Waals surface area (Å²) in [5.74, 6) is -0.356. The largest absolute Gasteiger partial charge is 0.316 e. The molecule has 1 aromatic carbocycles. The van der Waals surface area contributed by atoms with E-state index in [4.69, 9.17) is 0 Å². The van der Waals surface area contributed by atoms with E-state index in [0.717, 1.165) is 19.4 Å². The molecule has 1 amide bonds. The predicted octanol–water partition coefficient (Wildman–Crippen LogP) is 2.18. The summed E-state index contributed by atoms with van der Waals surface area (Å²) in [5, 5.41) is 3.22. The number of halogens is 1. The van der Waals surface area contributed by atoms with Crippen LogP contribution in [0.4, 0.5) is 10.1 Å². The fourth-order valence-corrected chi connectivity index (χ4v) is 2.57. The number of amides is 1. The van der Waals surface area contributed by atoms with Gasteiger partial charge < -0.3 is 10.2 Å². The second kappa shape index (κ2) is 5.06. The molecule has 3 nitrogen and oxygen atoms in total. The summed E-state index contributed by atoms with van der Waals surface area (Å²) in [6, 6.07) is 6.39. The third kappa shape index (κ3) is 2.12. The van der Waals surface area contributed by atoms with Gasteiger partial charge in [-0.15, -0.1) is 0 Å². The van der Waals surface area contributed by atoms with Gasteiger partial charge in [-0.3, -0.25) is 4.79 Å². The average Bonchev–Trinajstić information content (AvgIpc) is 2.87. The molecule has 0 saturated carbocycles. The first-order valence-electron chi connectivity index (χ1n) is 6.34. The number of nitrogens with zero attached hydrogens (tertiary/aromatic N) is 1. The lowest BCUT2D eigenvalue weighted by Gasteiger charge is -2.31. The molecule has 4 heteroatoms. The molecule has 2 rings (SSSR count). The van der Waals surface area contributed by atoms with Crippen molar-refractivity contribution in [2.75, 3.05) is 25.0 Å². The highest BCUT2D eigenvalue weighted by Gasteiger charge is 2.41. The third-order valence-corrected chi connectivity index (χ3v) is 3.89. The molecular weight excluding hydrogens is 231 g/mol. The van der Waals surface area contributed by atoms with Gasteiger partial charge in [0.15, 0.2) is 0 Å². The van der Waals surface area contributed by atoms with Gasteiger partial charge in [0.05, 0.1) is 11.1 Å². The molecule has 1 N–H and O–H groups in total. The van der Waals surface area contributed by atoms with E-state index in [-0.39, 0.29) is 17.1 Å². The molecule has 1 aromatic rings. The lowest BCUT2D eigenvalue weighted by molar-refractivity contribution is -0.127. The Morgan fingerprint density at radius 3 is 2.78 bits per heavy atom. The van der Waals surface area contributed by atoms with Crippen molar-refractivity contribution >= 4 is 11.6 Å². The highest BCUT2D eigenvalue weighted by atomic mass is 19.1. The minimum Gasteiger partial charge on any atom is -0.316 e. The second-order valence-corrected chi connectivity index (χ2v) is 4.88. The minimum absolute atomic E-state index is 0.0000926. The normalized spacial score (nSPS) is 23.1. The number of carbonyl (C=O) groups excluding carboxylic acids is 1. The van der Waals surface area contributed by atoms with Gasteiger partial charge >= 0.3 is 0 Å². The number of anilines is 1. The predicted molar refractivity (Wildman–Crippen MR) is 70.0 cm³/mol. The van der Waals surface area contributed by atoms with Crippen LogP contribution in [0.1, 0.15) is 19.8 Å². The molecule has 1 unspecified atom stereocenters. The van der Waals surface area contributed by atoms with Crippen LogP contribution >= 0.6 is 0 Å². The zero-order valence-corrected chi connectivity index (χ0v) is 10.9. The fourth-order valence-electron chi connectivity index (χ4n) is 2.57. The summed E-state index contributed by atoms with van der Waals surface area (Å²) in [7, 11) is 1.65. The highest BCUT2D eigenvalue weighted by Crippen LogP contribution is 2.33. The molecule has 0 radical (unpaired) electrons. The maximum Gasteiger partial charge on any atom is 0.234 e. The first-order valence-corrected chi connectivity index (χ1v) is 6.34. The van der Waals surface area contributed by atoms with Crippen molar-refractivity contribution in [2.24, 2.45) is 5.41 Å². The smallest absolute Gasteiger partial charge is 0.234 e. The molecular formula is C14H19FN2O. The first kappa shape index (κ1) is 13.0. The number of benzene rings is 1. The highest BCUT2D eigenvalue weighted by molar-refractivity contribution is 5.97. The van der Waals surface area contributed by atoms with E-state index in [1.54, 1.807) is 25.2 Å². The minimum atomic E-state index is -0.378. The van der Waals surface area contributed by atoms with Gasteiger partial charge in [0, 0.05) is 13.6 Å². The monoisotopic (exact) mass is 250 g/mol. The maximum atomic E-state index is 13.7. The maximum absolute atomic E-state index is 13.7. The van der Waals surface area contributed by atoms with Crippen LogP contribution in [-0.4, -0.2) is 26.0 Å². The lowest BCUT2D eigenvalue weighted by Crippen LogP contribution is -2.43. The molecule has 0 bridgehead atoms. The molecule has 0 aromatic heterocycles. The summed E-state index contributed by atoms with van der Waals surface area (Å²) in [6.07, 6.45) is 1.60. The third-order valence-electron chi connectivity index (χ3n) is 3.89. The Labute approximate surface area is 107 Å². The van der Waals surface area contributed by atoms with Crippen LogP contribution in [0, 0.1) is 11.2 Å². The van der Waals surface area contributed by atoms with Crippen molar-refractivity contribution in [2.45, 2.75) is 19.8 Å². The summed E-state index contributed by atoms with van der Waals surface area (Å²) in [5.41, 5.74) is -0.0287. The molecule has 18 heavy (non-hydrogen) atoms. The van der Waals surface area contributed by atoms with E-state index in [2.05, 4.69) is 5.32 Å². The Morgan fingerprint density at radius 2 is 2.22 bits per heavy atom. The Kier molecular flexibility index (Phi) is 3.66. The van der Waals surface area contributed by atoms with Crippen molar-refractivity contribution in [3.8, 4) is 0 Å². The Bertz CT molecular complexity index is 441. The van der Waals surface area contributed by atoms with Crippen LogP contribution in [0.3, 0.4) is 0 Å². The van der Waals surface area contributed by atoms with Crippen LogP contribution < -0.4 is 10.2 Å². The van der Waals surface area contributed by atoms with E-state index in [9.17, 15) is 9.18 Å². The zero-order chi connectivity index (χ0) is 13.2. The quantitative estimate of drug-likeness (QED) is 0.891. The average molecular weight is 250 g/mol. The summed E-state index contributed by atoms with van der Waals surface area (Å²) in [4.78, 5) is 14.0. The topological polar surface area (TPSA) is 32.3 Å². The summed E-state index contributed by atoms with van der Waals surface area (Å²) < 4.78 is 13.7. The van der Waals surface area contributed by atoms with Gasteiger partial charge in [0.25, 0.3) is 0 Å². The lowest BCUT2D eigenvalue weighted by atomic mass is 9.82. The van der Waals surface area contributed by atoms with E-state index in [0.29, 0.717) is 12.2 Å². The molecule has 98 valence electrons. The van der Waals surface area contributed by atoms with Gasteiger partial charge in [-0.2, -0.15) is 0 Å². The standard InChI is InChI=1S/C14H19FN2O/c1-3-14(8-9-16-10-14)13(18)17(2)12-7-5-4-6-11(12)15/h4-7,16H,3,8-10H2,1-2H3. The van der Waals surface area contributed by atoms with E-state index in [1.165, 1.54) is 11.0 Å². The molecule has 1 saturated heterocycles. The van der Waals surface area contributed by atoms with Crippen molar-refractivity contribution in [3.05, 3.63) is 30.1 Å². The van der Waals surface area contributed by atoms with Gasteiger partial charge in [0.1, 0.15) is 5.82 Å². The summed E-state index contributed by atoms with van der Waals surface area (Å²) >= 11 is 0. The number of para-hydroxylation sites is 1. The van der Waals surface area contributed by atoms with Crippen LogP contribution in [0.25, 0.3) is 0 Å². The van der Waals surface area contributed by atoms with Crippen molar-refractivity contribution in [3.63, 3.8) is 0 Å². The van der Waals surface area contributed by atoms with Crippen LogP contribution in [0.15, 0.2) is 24.3 Å². The Hall–Kier alpha value is -1.42. The molecule has 1 atom stereocenters. The van der Waals surface area contributed by atoms with E-state index < -0.39 is 0 Å². The molecule has 1 fully saturated rings. The Morgan fingerprint density at radius 1 is 1.50 bits per heavy atom. The van der Waals surface area contributed by atoms with Crippen molar-refractivity contribution in [1.82, 2.24) is 5.32 Å². The number of rotatable bonds is 3. The van der Waals surface area contributed by atoms with Gasteiger partial charge in [-0.25, -0.2) is 4.39 Å².